The summed E-state index contributed by atoms with van der Waals surface area (Å²) in [5.74, 6) is 0.310. The number of nitrogens with zero attached hydrogens (tertiary/aromatic N) is 1. The molecule has 0 bridgehead atoms. The molecule has 1 N–H and O–H groups in total. The molecule has 0 amide bonds. The zero-order valence-corrected chi connectivity index (χ0v) is 13.7. The molecule has 116 valence electrons. The zero-order chi connectivity index (χ0) is 15.8. The molecule has 0 aliphatic carbocycles. The van der Waals surface area contributed by atoms with Crippen molar-refractivity contribution in [3.63, 3.8) is 0 Å². The van der Waals surface area contributed by atoms with E-state index in [-0.39, 0.29) is 11.7 Å². The van der Waals surface area contributed by atoms with Gasteiger partial charge in [0.2, 0.25) is 5.89 Å². The second-order valence-electron chi connectivity index (χ2n) is 5.29. The SMILES string of the molecule is O=C(O)Cc1nc(C2Cc3ccccc3S2)oc1-c1cccs1. The van der Waals surface area contributed by atoms with Gasteiger partial charge in [-0.25, -0.2) is 4.98 Å². The van der Waals surface area contributed by atoms with Gasteiger partial charge in [0, 0.05) is 4.90 Å². The van der Waals surface area contributed by atoms with E-state index in [1.54, 1.807) is 11.8 Å². The van der Waals surface area contributed by atoms with Crippen LogP contribution < -0.4 is 0 Å². The predicted octanol–water partition coefficient (Wildman–Crippen LogP) is 4.42. The molecule has 1 aromatic carbocycles. The Labute approximate surface area is 141 Å². The first-order valence-electron chi connectivity index (χ1n) is 7.20. The number of hydrogen-bond donors (Lipinski definition) is 1. The molecule has 23 heavy (non-hydrogen) atoms. The third-order valence-electron chi connectivity index (χ3n) is 3.70. The van der Waals surface area contributed by atoms with E-state index in [1.807, 2.05) is 29.6 Å². The first-order chi connectivity index (χ1) is 11.2. The molecule has 1 aliphatic heterocycles. The normalized spacial score (nSPS) is 16.4. The second kappa shape index (κ2) is 5.86. The van der Waals surface area contributed by atoms with E-state index in [9.17, 15) is 4.79 Å². The summed E-state index contributed by atoms with van der Waals surface area (Å²) in [6.07, 6.45) is 0.735. The van der Waals surface area contributed by atoms with Crippen molar-refractivity contribution < 1.29 is 14.3 Å². The minimum absolute atomic E-state index is 0.105. The van der Waals surface area contributed by atoms with Crippen molar-refractivity contribution in [2.75, 3.05) is 0 Å². The Morgan fingerprint density at radius 1 is 1.30 bits per heavy atom. The van der Waals surface area contributed by atoms with Crippen LogP contribution in [0.1, 0.15) is 22.4 Å². The molecule has 4 nitrogen and oxygen atoms in total. The molecule has 1 atom stereocenters. The second-order valence-corrected chi connectivity index (χ2v) is 7.49. The third kappa shape index (κ3) is 2.80. The number of aromatic nitrogens is 1. The lowest BCUT2D eigenvalue weighted by Gasteiger charge is -2.01. The quantitative estimate of drug-likeness (QED) is 0.760. The van der Waals surface area contributed by atoms with Crippen molar-refractivity contribution in [3.8, 4) is 10.6 Å². The topological polar surface area (TPSA) is 63.3 Å². The lowest BCUT2D eigenvalue weighted by Crippen LogP contribution is -2.02. The number of carboxylic acid groups (broad SMARTS) is 1. The highest BCUT2D eigenvalue weighted by atomic mass is 32.2. The number of thiophene rings is 1. The van der Waals surface area contributed by atoms with E-state index in [2.05, 4.69) is 17.1 Å². The summed E-state index contributed by atoms with van der Waals surface area (Å²) in [5, 5.41) is 11.2. The summed E-state index contributed by atoms with van der Waals surface area (Å²) in [5.41, 5.74) is 1.80. The highest BCUT2D eigenvalue weighted by Crippen LogP contribution is 2.47. The molecule has 2 aromatic heterocycles. The summed E-state index contributed by atoms with van der Waals surface area (Å²) in [6, 6.07) is 12.1. The highest BCUT2D eigenvalue weighted by Gasteiger charge is 2.29. The van der Waals surface area contributed by atoms with Gasteiger partial charge in [-0.3, -0.25) is 4.79 Å². The number of carbonyl (C=O) groups is 1. The smallest absolute Gasteiger partial charge is 0.309 e. The summed E-state index contributed by atoms with van der Waals surface area (Å²) < 4.78 is 5.99. The van der Waals surface area contributed by atoms with Gasteiger partial charge >= 0.3 is 5.97 Å². The van der Waals surface area contributed by atoms with Crippen LogP contribution in [-0.4, -0.2) is 16.1 Å². The molecule has 0 spiro atoms. The molecule has 0 radical (unpaired) electrons. The van der Waals surface area contributed by atoms with Crippen LogP contribution in [0.15, 0.2) is 51.1 Å². The van der Waals surface area contributed by atoms with Crippen LogP contribution in [0.5, 0.6) is 0 Å². The van der Waals surface area contributed by atoms with Crippen LogP contribution in [0.3, 0.4) is 0 Å². The molecule has 6 heteroatoms. The summed E-state index contributed by atoms with van der Waals surface area (Å²) in [6.45, 7) is 0. The first kappa shape index (κ1) is 14.5. The van der Waals surface area contributed by atoms with Gasteiger partial charge in [0.15, 0.2) is 5.76 Å². The fraction of sp³-hybridized carbons (Fsp3) is 0.176. The molecule has 1 aliphatic rings. The molecule has 0 saturated heterocycles. The summed E-state index contributed by atoms with van der Waals surface area (Å²) in [4.78, 5) is 17.8. The average molecular weight is 343 g/mol. The molecule has 0 saturated carbocycles. The van der Waals surface area contributed by atoms with Crippen LogP contribution in [-0.2, 0) is 17.6 Å². The molecule has 0 fully saturated rings. The maximum absolute atomic E-state index is 11.1. The number of fused-ring (bicyclic) bond motifs is 1. The lowest BCUT2D eigenvalue weighted by molar-refractivity contribution is -0.136. The van der Waals surface area contributed by atoms with Gasteiger partial charge in [-0.2, -0.15) is 0 Å². The van der Waals surface area contributed by atoms with E-state index in [0.717, 1.165) is 11.3 Å². The minimum atomic E-state index is -0.898. The molecule has 1 unspecified atom stereocenters. The molecule has 3 heterocycles. The van der Waals surface area contributed by atoms with Gasteiger partial charge in [-0.05, 0) is 29.5 Å². The fourth-order valence-electron chi connectivity index (χ4n) is 2.69. The fourth-order valence-corrected chi connectivity index (χ4v) is 4.65. The van der Waals surface area contributed by atoms with Crippen LogP contribution in [0.4, 0.5) is 0 Å². The summed E-state index contributed by atoms with van der Waals surface area (Å²) >= 11 is 3.25. The number of carboxylic acids is 1. The average Bonchev–Trinajstić information content (AvgIpc) is 3.25. The standard InChI is InChI=1S/C17H13NO3S2/c19-15(20)9-11-16(13-6-3-7-22-13)21-17(18-11)14-8-10-4-1-2-5-12(10)23-14/h1-7,14H,8-9H2,(H,19,20). The number of hydrogen-bond acceptors (Lipinski definition) is 5. The van der Waals surface area contributed by atoms with Crippen molar-refractivity contribution in [2.24, 2.45) is 0 Å². The molecular formula is C17H13NO3S2. The van der Waals surface area contributed by atoms with Crippen molar-refractivity contribution >= 4 is 29.1 Å². The van der Waals surface area contributed by atoms with Crippen LogP contribution >= 0.6 is 23.1 Å². The van der Waals surface area contributed by atoms with Crippen LogP contribution in [0, 0.1) is 0 Å². The Morgan fingerprint density at radius 3 is 2.91 bits per heavy atom. The van der Waals surface area contributed by atoms with Gasteiger partial charge in [0.1, 0.15) is 0 Å². The van der Waals surface area contributed by atoms with E-state index in [1.165, 1.54) is 21.8 Å². The van der Waals surface area contributed by atoms with Crippen molar-refractivity contribution in [3.05, 3.63) is 58.9 Å². The Kier molecular flexibility index (Phi) is 3.71. The predicted molar refractivity (Wildman–Crippen MR) is 89.9 cm³/mol. The van der Waals surface area contributed by atoms with Crippen molar-refractivity contribution in [1.82, 2.24) is 4.98 Å². The first-order valence-corrected chi connectivity index (χ1v) is 8.96. The van der Waals surface area contributed by atoms with Crippen molar-refractivity contribution in [2.45, 2.75) is 23.0 Å². The highest BCUT2D eigenvalue weighted by molar-refractivity contribution is 7.99. The van der Waals surface area contributed by atoms with Gasteiger partial charge in [0.05, 0.1) is 22.2 Å². The maximum Gasteiger partial charge on any atom is 0.309 e. The lowest BCUT2D eigenvalue weighted by atomic mass is 10.1. The van der Waals surface area contributed by atoms with Crippen molar-refractivity contribution in [1.29, 1.82) is 0 Å². The maximum atomic E-state index is 11.1. The Morgan fingerprint density at radius 2 is 2.17 bits per heavy atom. The summed E-state index contributed by atoms with van der Waals surface area (Å²) in [7, 11) is 0. The molecule has 4 rings (SSSR count). The van der Waals surface area contributed by atoms with E-state index in [0.29, 0.717) is 17.3 Å². The van der Waals surface area contributed by atoms with E-state index >= 15 is 0 Å². The van der Waals surface area contributed by atoms with E-state index < -0.39 is 5.97 Å². The minimum Gasteiger partial charge on any atom is -0.481 e. The number of rotatable bonds is 4. The van der Waals surface area contributed by atoms with Gasteiger partial charge < -0.3 is 9.52 Å². The Balaban J connectivity index is 1.69. The number of benzene rings is 1. The monoisotopic (exact) mass is 343 g/mol. The molecular weight excluding hydrogens is 330 g/mol. The van der Waals surface area contributed by atoms with Gasteiger partial charge in [0.25, 0.3) is 0 Å². The number of oxazole rings is 1. The van der Waals surface area contributed by atoms with E-state index in [4.69, 9.17) is 9.52 Å². The Bertz CT molecular complexity index is 830. The van der Waals surface area contributed by atoms with Gasteiger partial charge in [-0.1, -0.05) is 24.3 Å². The van der Waals surface area contributed by atoms with Crippen LogP contribution in [0.2, 0.25) is 0 Å². The van der Waals surface area contributed by atoms with Crippen LogP contribution in [0.25, 0.3) is 10.6 Å². The third-order valence-corrected chi connectivity index (χ3v) is 5.87. The van der Waals surface area contributed by atoms with Gasteiger partial charge in [-0.15, -0.1) is 23.1 Å². The number of thioether (sulfide) groups is 1. The Hall–Kier alpha value is -2.05. The molecule has 3 aromatic rings. The number of aliphatic carboxylic acids is 1. The zero-order valence-electron chi connectivity index (χ0n) is 12.1. The largest absolute Gasteiger partial charge is 0.481 e.